The zero-order valence-corrected chi connectivity index (χ0v) is 18.6. The molecule has 2 aliphatic rings. The van der Waals surface area contributed by atoms with Gasteiger partial charge in [-0.15, -0.1) is 0 Å². The van der Waals surface area contributed by atoms with E-state index in [1.807, 2.05) is 26.0 Å². The van der Waals surface area contributed by atoms with Crippen LogP contribution in [0, 0.1) is 19.8 Å². The minimum atomic E-state index is -3.40. The van der Waals surface area contributed by atoms with Gasteiger partial charge in [0.2, 0.25) is 10.0 Å². The molecule has 0 saturated carbocycles. The van der Waals surface area contributed by atoms with E-state index < -0.39 is 10.0 Å². The van der Waals surface area contributed by atoms with E-state index in [-0.39, 0.29) is 0 Å². The SMILES string of the molecule is Cc1ccc(S(=O)(=O)N2CC[NH+](C[C@H]3C[NH+](CC(C)C)CCO3)CC2)c(C)c1. The quantitative estimate of drug-likeness (QED) is 0.640. The van der Waals surface area contributed by atoms with E-state index in [0.29, 0.717) is 30.0 Å². The number of morpholine rings is 1. The number of hydrogen-bond acceptors (Lipinski definition) is 3. The van der Waals surface area contributed by atoms with Gasteiger partial charge in [-0.1, -0.05) is 31.5 Å². The fourth-order valence-electron chi connectivity index (χ4n) is 4.54. The molecule has 0 amide bonds. The third-order valence-electron chi connectivity index (χ3n) is 5.92. The van der Waals surface area contributed by atoms with E-state index in [1.165, 1.54) is 11.4 Å². The number of hydrogen-bond donors (Lipinski definition) is 2. The van der Waals surface area contributed by atoms with Crippen LogP contribution in [0.4, 0.5) is 0 Å². The van der Waals surface area contributed by atoms with Crippen LogP contribution in [0.3, 0.4) is 0 Å². The maximum atomic E-state index is 13.1. The Morgan fingerprint density at radius 2 is 1.86 bits per heavy atom. The largest absolute Gasteiger partial charge is 0.361 e. The number of rotatable bonds is 6. The smallest absolute Gasteiger partial charge is 0.243 e. The molecule has 0 aliphatic carbocycles. The van der Waals surface area contributed by atoms with Gasteiger partial charge in [0, 0.05) is 5.92 Å². The molecule has 2 N–H and O–H groups in total. The molecular weight excluding hydrogens is 374 g/mol. The van der Waals surface area contributed by atoms with E-state index in [1.54, 1.807) is 15.3 Å². The van der Waals surface area contributed by atoms with Crippen LogP contribution in [-0.2, 0) is 14.8 Å². The Hall–Kier alpha value is -0.990. The van der Waals surface area contributed by atoms with Crippen molar-refractivity contribution in [3.05, 3.63) is 29.3 Å². The fourth-order valence-corrected chi connectivity index (χ4v) is 6.19. The molecule has 0 spiro atoms. The molecule has 0 bridgehead atoms. The number of nitrogens with zero attached hydrogens (tertiary/aromatic N) is 1. The lowest BCUT2D eigenvalue weighted by molar-refractivity contribution is -0.935. The van der Waals surface area contributed by atoms with Gasteiger partial charge in [-0.05, 0) is 25.5 Å². The van der Waals surface area contributed by atoms with Gasteiger partial charge in [0.25, 0.3) is 0 Å². The highest BCUT2D eigenvalue weighted by molar-refractivity contribution is 7.89. The Bertz CT molecular complexity index is 758. The predicted octanol–water partition coefficient (Wildman–Crippen LogP) is -0.868. The van der Waals surface area contributed by atoms with Crippen molar-refractivity contribution in [2.45, 2.75) is 38.7 Å². The van der Waals surface area contributed by atoms with E-state index in [4.69, 9.17) is 4.74 Å². The molecule has 28 heavy (non-hydrogen) atoms. The summed E-state index contributed by atoms with van der Waals surface area (Å²) in [6.45, 7) is 16.5. The molecule has 7 heteroatoms. The van der Waals surface area contributed by atoms with Gasteiger partial charge in [-0.3, -0.25) is 0 Å². The first-order chi connectivity index (χ1) is 13.3. The van der Waals surface area contributed by atoms with Crippen molar-refractivity contribution in [1.29, 1.82) is 0 Å². The third kappa shape index (κ3) is 5.33. The van der Waals surface area contributed by atoms with Crippen molar-refractivity contribution in [1.82, 2.24) is 4.31 Å². The summed E-state index contributed by atoms with van der Waals surface area (Å²) in [7, 11) is -3.40. The summed E-state index contributed by atoms with van der Waals surface area (Å²) in [5.41, 5.74) is 1.92. The average molecular weight is 412 g/mol. The van der Waals surface area contributed by atoms with E-state index >= 15 is 0 Å². The van der Waals surface area contributed by atoms with Gasteiger partial charge < -0.3 is 14.5 Å². The molecule has 1 unspecified atom stereocenters. The monoisotopic (exact) mass is 411 g/mol. The normalized spacial score (nSPS) is 25.3. The number of ether oxygens (including phenoxy) is 1. The highest BCUT2D eigenvalue weighted by Gasteiger charge is 2.34. The molecule has 158 valence electrons. The van der Waals surface area contributed by atoms with Crippen LogP contribution < -0.4 is 9.80 Å². The molecule has 1 aromatic rings. The second-order valence-corrected chi connectivity index (χ2v) is 10.8. The Morgan fingerprint density at radius 3 is 2.50 bits per heavy atom. The summed E-state index contributed by atoms with van der Waals surface area (Å²) >= 11 is 0. The molecule has 2 heterocycles. The number of piperazine rings is 1. The lowest BCUT2D eigenvalue weighted by Crippen LogP contribution is -3.19. The van der Waals surface area contributed by atoms with Crippen molar-refractivity contribution in [3.8, 4) is 0 Å². The summed E-state index contributed by atoms with van der Waals surface area (Å²) in [5, 5.41) is 0. The van der Waals surface area contributed by atoms with E-state index in [2.05, 4.69) is 13.8 Å². The second-order valence-electron chi connectivity index (χ2n) is 8.92. The third-order valence-corrected chi connectivity index (χ3v) is 7.98. The van der Waals surface area contributed by atoms with Gasteiger partial charge in [0.05, 0.1) is 44.2 Å². The lowest BCUT2D eigenvalue weighted by atomic mass is 10.1. The maximum Gasteiger partial charge on any atom is 0.243 e. The molecule has 2 saturated heterocycles. The van der Waals surface area contributed by atoms with Crippen molar-refractivity contribution < 1.29 is 23.0 Å². The van der Waals surface area contributed by atoms with Crippen molar-refractivity contribution >= 4 is 10.0 Å². The minimum absolute atomic E-state index is 0.292. The predicted molar refractivity (Wildman–Crippen MR) is 110 cm³/mol. The van der Waals surface area contributed by atoms with E-state index in [0.717, 1.165) is 50.5 Å². The van der Waals surface area contributed by atoms with Crippen molar-refractivity contribution in [2.75, 3.05) is 59.0 Å². The minimum Gasteiger partial charge on any atom is -0.361 e. The van der Waals surface area contributed by atoms with Gasteiger partial charge in [0.15, 0.2) is 6.10 Å². The van der Waals surface area contributed by atoms with Crippen LogP contribution in [0.1, 0.15) is 25.0 Å². The van der Waals surface area contributed by atoms with Gasteiger partial charge in [-0.2, -0.15) is 4.31 Å². The molecule has 0 radical (unpaired) electrons. The van der Waals surface area contributed by atoms with Gasteiger partial charge in [0.1, 0.15) is 19.6 Å². The van der Waals surface area contributed by atoms with Gasteiger partial charge >= 0.3 is 0 Å². The highest BCUT2D eigenvalue weighted by Crippen LogP contribution is 2.20. The van der Waals surface area contributed by atoms with Crippen molar-refractivity contribution in [3.63, 3.8) is 0 Å². The van der Waals surface area contributed by atoms with Crippen LogP contribution in [0.15, 0.2) is 23.1 Å². The number of aryl methyl sites for hydroxylation is 2. The first kappa shape index (κ1) is 21.7. The van der Waals surface area contributed by atoms with Crippen molar-refractivity contribution in [2.24, 2.45) is 5.92 Å². The van der Waals surface area contributed by atoms with Crippen LogP contribution in [0.5, 0.6) is 0 Å². The first-order valence-corrected chi connectivity index (χ1v) is 12.1. The number of nitrogens with one attached hydrogen (secondary N) is 2. The molecular formula is C21H37N3O3S+2. The number of sulfonamides is 1. The lowest BCUT2D eigenvalue weighted by Gasteiger charge is -2.36. The van der Waals surface area contributed by atoms with Crippen LogP contribution in [0.25, 0.3) is 0 Å². The maximum absolute atomic E-state index is 13.1. The van der Waals surface area contributed by atoms with Crippen LogP contribution in [-0.4, -0.2) is 77.8 Å². The molecule has 1 aromatic carbocycles. The zero-order chi connectivity index (χ0) is 20.3. The van der Waals surface area contributed by atoms with Gasteiger partial charge in [-0.25, -0.2) is 8.42 Å². The number of quaternary nitrogens is 2. The summed E-state index contributed by atoms with van der Waals surface area (Å²) in [6.07, 6.45) is 0.292. The summed E-state index contributed by atoms with van der Waals surface area (Å²) < 4.78 is 33.8. The molecule has 6 nitrogen and oxygen atoms in total. The molecule has 0 aromatic heterocycles. The van der Waals surface area contributed by atoms with E-state index in [9.17, 15) is 8.42 Å². The molecule has 2 aliphatic heterocycles. The summed E-state index contributed by atoms with van der Waals surface area (Å²) in [6, 6.07) is 5.58. The van der Waals surface area contributed by atoms with Crippen LogP contribution >= 0.6 is 0 Å². The molecule has 2 atom stereocenters. The Kier molecular flexibility index (Phi) is 7.15. The Morgan fingerprint density at radius 1 is 1.14 bits per heavy atom. The summed E-state index contributed by atoms with van der Waals surface area (Å²) in [4.78, 5) is 3.55. The summed E-state index contributed by atoms with van der Waals surface area (Å²) in [5.74, 6) is 0.708. The van der Waals surface area contributed by atoms with Crippen LogP contribution in [0.2, 0.25) is 0 Å². The Labute approximate surface area is 170 Å². The molecule has 3 rings (SSSR count). The number of benzene rings is 1. The second kappa shape index (κ2) is 9.22. The highest BCUT2D eigenvalue weighted by atomic mass is 32.2. The fraction of sp³-hybridized carbons (Fsp3) is 0.714. The molecule has 2 fully saturated rings. The average Bonchev–Trinajstić information content (AvgIpc) is 2.61. The first-order valence-electron chi connectivity index (χ1n) is 10.6. The standard InChI is InChI=1S/C21H35N3O3S/c1-17(2)14-23-11-12-27-20(16-23)15-22-7-9-24(10-8-22)28(25,26)21-6-5-18(3)13-19(21)4/h5-6,13,17,20H,7-12,14-16H2,1-4H3/p+2/t20-/m0/s1. The topological polar surface area (TPSA) is 55.5 Å². The zero-order valence-electron chi connectivity index (χ0n) is 17.8. The Balaban J connectivity index is 1.54.